The second-order valence-electron chi connectivity index (χ2n) is 3.76. The van der Waals surface area contributed by atoms with Crippen molar-refractivity contribution in [3.8, 4) is 5.69 Å². The molecule has 0 saturated carbocycles. The molecule has 2 heteroatoms. The lowest BCUT2D eigenvalue weighted by Gasteiger charge is -1.94. The highest BCUT2D eigenvalue weighted by Crippen LogP contribution is 2.21. The maximum atomic E-state index is 2.31. The second-order valence-corrected chi connectivity index (χ2v) is 4.99. The normalized spacial score (nSPS) is 10.8. The van der Waals surface area contributed by atoms with Crippen LogP contribution >= 0.6 is 11.3 Å². The Labute approximate surface area is 98.6 Å². The first-order chi connectivity index (χ1) is 7.86. The highest BCUT2D eigenvalue weighted by molar-refractivity contribution is 7.18. The number of rotatable bonds is 1. The molecule has 0 N–H and O–H groups in total. The molecule has 3 rings (SSSR count). The van der Waals surface area contributed by atoms with Crippen LogP contribution in [0.2, 0.25) is 0 Å². The van der Waals surface area contributed by atoms with Gasteiger partial charge in [0.15, 0.2) is 0 Å². The number of benzene rings is 2. The van der Waals surface area contributed by atoms with Gasteiger partial charge in [-0.15, -0.1) is 4.57 Å². The molecule has 0 aliphatic rings. The van der Waals surface area contributed by atoms with E-state index in [4.69, 9.17) is 0 Å². The Balaban J connectivity index is 2.35. The van der Waals surface area contributed by atoms with Crippen LogP contribution in [0.15, 0.2) is 54.6 Å². The predicted octanol–water partition coefficient (Wildman–Crippen LogP) is 3.49. The Morgan fingerprint density at radius 3 is 2.38 bits per heavy atom. The average Bonchev–Trinajstić information content (AvgIpc) is 2.66. The van der Waals surface area contributed by atoms with Gasteiger partial charge < -0.3 is 0 Å². The number of fused-ring (bicyclic) bond motifs is 1. The van der Waals surface area contributed by atoms with Crippen molar-refractivity contribution in [3.05, 3.63) is 59.6 Å². The zero-order valence-corrected chi connectivity index (χ0v) is 9.87. The Bertz CT molecular complexity index is 626. The molecule has 0 aliphatic carbocycles. The third-order valence-electron chi connectivity index (χ3n) is 2.69. The zero-order valence-electron chi connectivity index (χ0n) is 9.05. The van der Waals surface area contributed by atoms with Crippen molar-refractivity contribution < 1.29 is 4.57 Å². The molecule has 0 saturated heterocycles. The van der Waals surface area contributed by atoms with E-state index in [0.29, 0.717) is 0 Å². The van der Waals surface area contributed by atoms with Crippen LogP contribution in [0.3, 0.4) is 0 Å². The van der Waals surface area contributed by atoms with Gasteiger partial charge in [-0.25, -0.2) is 0 Å². The van der Waals surface area contributed by atoms with Gasteiger partial charge in [0.1, 0.15) is 4.70 Å². The van der Waals surface area contributed by atoms with E-state index in [1.165, 1.54) is 20.9 Å². The van der Waals surface area contributed by atoms with Gasteiger partial charge in [0.05, 0.1) is 0 Å². The summed E-state index contributed by atoms with van der Waals surface area (Å²) >= 11 is 1.84. The first-order valence-electron chi connectivity index (χ1n) is 5.32. The maximum Gasteiger partial charge on any atom is 0.241 e. The molecule has 1 aromatic heterocycles. The van der Waals surface area contributed by atoms with E-state index in [0.717, 1.165) is 0 Å². The standard InChI is InChI=1S/C14H12NS/c1-11-15(12-7-3-2-4-8-12)13-9-5-6-10-14(13)16-11/h2-10H,1H3/q+1. The summed E-state index contributed by atoms with van der Waals surface area (Å²) in [6.45, 7) is 2.16. The fourth-order valence-electron chi connectivity index (χ4n) is 2.00. The van der Waals surface area contributed by atoms with Crippen molar-refractivity contribution in [1.29, 1.82) is 0 Å². The Morgan fingerprint density at radius 1 is 0.875 bits per heavy atom. The quantitative estimate of drug-likeness (QED) is 0.559. The highest BCUT2D eigenvalue weighted by Gasteiger charge is 2.18. The van der Waals surface area contributed by atoms with Crippen LogP contribution in [0.1, 0.15) is 5.01 Å². The van der Waals surface area contributed by atoms with E-state index >= 15 is 0 Å². The van der Waals surface area contributed by atoms with Gasteiger partial charge in [-0.2, -0.15) is 0 Å². The summed E-state index contributed by atoms with van der Waals surface area (Å²) in [6, 6.07) is 19.0. The van der Waals surface area contributed by atoms with Crippen molar-refractivity contribution in [2.24, 2.45) is 0 Å². The third kappa shape index (κ3) is 1.42. The number of aryl methyl sites for hydroxylation is 1. The van der Waals surface area contributed by atoms with Gasteiger partial charge in [0, 0.05) is 25.1 Å². The molecular weight excluding hydrogens is 214 g/mol. The van der Waals surface area contributed by atoms with E-state index in [2.05, 4.69) is 60.0 Å². The number of aromatic nitrogens is 1. The van der Waals surface area contributed by atoms with Crippen LogP contribution in [0.25, 0.3) is 15.9 Å². The van der Waals surface area contributed by atoms with Crippen molar-refractivity contribution >= 4 is 21.6 Å². The highest BCUT2D eigenvalue weighted by atomic mass is 32.1. The predicted molar refractivity (Wildman–Crippen MR) is 68.1 cm³/mol. The molecular formula is C14H12NS+. The first kappa shape index (κ1) is 9.55. The maximum absolute atomic E-state index is 2.31. The van der Waals surface area contributed by atoms with Gasteiger partial charge >= 0.3 is 0 Å². The number of hydrogen-bond acceptors (Lipinski definition) is 1. The van der Waals surface area contributed by atoms with Crippen LogP contribution in [-0.2, 0) is 0 Å². The van der Waals surface area contributed by atoms with E-state index < -0.39 is 0 Å². The SMILES string of the molecule is Cc1sc2ccccc2[n+]1-c1ccccc1. The van der Waals surface area contributed by atoms with Crippen molar-refractivity contribution in [1.82, 2.24) is 0 Å². The number of para-hydroxylation sites is 2. The first-order valence-corrected chi connectivity index (χ1v) is 6.13. The Hall–Kier alpha value is -1.67. The summed E-state index contributed by atoms with van der Waals surface area (Å²) < 4.78 is 3.64. The van der Waals surface area contributed by atoms with E-state index in [9.17, 15) is 0 Å². The Kier molecular flexibility index (Phi) is 2.22. The smallest absolute Gasteiger partial charge is 0.147 e. The number of hydrogen-bond donors (Lipinski definition) is 0. The molecule has 0 amide bonds. The third-order valence-corrected chi connectivity index (χ3v) is 3.74. The molecule has 16 heavy (non-hydrogen) atoms. The summed E-state index contributed by atoms with van der Waals surface area (Å²) in [5.74, 6) is 0. The minimum Gasteiger partial charge on any atom is -0.147 e. The summed E-state index contributed by atoms with van der Waals surface area (Å²) in [5, 5.41) is 1.31. The molecule has 0 spiro atoms. The van der Waals surface area contributed by atoms with Crippen molar-refractivity contribution in [2.45, 2.75) is 6.92 Å². The minimum absolute atomic E-state index is 1.23. The molecule has 0 fully saturated rings. The lowest BCUT2D eigenvalue weighted by atomic mass is 10.3. The summed E-state index contributed by atoms with van der Waals surface area (Å²) in [6.07, 6.45) is 0. The molecule has 2 aromatic carbocycles. The van der Waals surface area contributed by atoms with Crippen LogP contribution in [0.4, 0.5) is 0 Å². The lowest BCUT2D eigenvalue weighted by Crippen LogP contribution is -2.31. The average molecular weight is 226 g/mol. The summed E-state index contributed by atoms with van der Waals surface area (Å²) in [4.78, 5) is 0. The minimum atomic E-state index is 1.23. The molecule has 3 aromatic rings. The lowest BCUT2D eigenvalue weighted by molar-refractivity contribution is -0.569. The molecule has 0 unspecified atom stereocenters. The number of nitrogens with zero attached hydrogens (tertiary/aromatic N) is 1. The van der Waals surface area contributed by atoms with Crippen LogP contribution < -0.4 is 4.57 Å². The van der Waals surface area contributed by atoms with Gasteiger partial charge in [0.25, 0.3) is 0 Å². The summed E-state index contributed by atoms with van der Waals surface area (Å²) in [7, 11) is 0. The van der Waals surface area contributed by atoms with Gasteiger partial charge in [0.2, 0.25) is 16.2 Å². The van der Waals surface area contributed by atoms with E-state index in [1.54, 1.807) is 0 Å². The Morgan fingerprint density at radius 2 is 1.56 bits per heavy atom. The van der Waals surface area contributed by atoms with Gasteiger partial charge in [-0.05, 0) is 6.07 Å². The van der Waals surface area contributed by atoms with Crippen LogP contribution in [0, 0.1) is 6.92 Å². The fraction of sp³-hybridized carbons (Fsp3) is 0.0714. The van der Waals surface area contributed by atoms with E-state index in [1.807, 2.05) is 17.4 Å². The zero-order chi connectivity index (χ0) is 11.0. The van der Waals surface area contributed by atoms with Crippen molar-refractivity contribution in [3.63, 3.8) is 0 Å². The van der Waals surface area contributed by atoms with Crippen molar-refractivity contribution in [2.75, 3.05) is 0 Å². The summed E-state index contributed by atoms with van der Waals surface area (Å²) in [5.41, 5.74) is 2.52. The largest absolute Gasteiger partial charge is 0.241 e. The molecule has 1 heterocycles. The van der Waals surface area contributed by atoms with Gasteiger partial charge in [-0.3, -0.25) is 0 Å². The van der Waals surface area contributed by atoms with Crippen LogP contribution in [0.5, 0.6) is 0 Å². The second kappa shape index (κ2) is 3.72. The topological polar surface area (TPSA) is 3.88 Å². The fourth-order valence-corrected chi connectivity index (χ4v) is 3.02. The van der Waals surface area contributed by atoms with E-state index in [-0.39, 0.29) is 0 Å². The van der Waals surface area contributed by atoms with Crippen LogP contribution in [-0.4, -0.2) is 0 Å². The van der Waals surface area contributed by atoms with Gasteiger partial charge in [-0.1, -0.05) is 41.7 Å². The monoisotopic (exact) mass is 226 g/mol. The molecule has 1 nitrogen and oxygen atoms in total. The molecule has 0 radical (unpaired) electrons. The molecule has 0 bridgehead atoms. The number of thiazole rings is 1. The molecule has 78 valence electrons. The molecule has 0 atom stereocenters. The molecule has 0 aliphatic heterocycles.